The van der Waals surface area contributed by atoms with Crippen molar-refractivity contribution in [2.24, 2.45) is 0 Å². The molecule has 1 aliphatic rings. The number of fused-ring (bicyclic) bond motifs is 7. The van der Waals surface area contributed by atoms with E-state index in [-0.39, 0.29) is 0 Å². The number of hydrogen-bond acceptors (Lipinski definition) is 1. The number of hydrogen-bond donors (Lipinski definition) is 0. The van der Waals surface area contributed by atoms with Crippen molar-refractivity contribution in [1.29, 1.82) is 0 Å². The number of anilines is 3. The molecule has 0 spiro atoms. The molecule has 0 N–H and O–H groups in total. The Kier molecular flexibility index (Phi) is 7.47. The minimum absolute atomic E-state index is 0.517. The Hall–Kier alpha value is -7.22. The lowest BCUT2D eigenvalue weighted by Gasteiger charge is -2.35. The summed E-state index contributed by atoms with van der Waals surface area (Å²) in [5.74, 6) is 0. The predicted octanol–water partition coefficient (Wildman–Crippen LogP) is 14.6. The summed E-state index contributed by atoms with van der Waals surface area (Å²) in [7, 11) is 0. The average molecular weight is 712 g/mol. The van der Waals surface area contributed by atoms with Crippen LogP contribution in [0.4, 0.5) is 17.1 Å². The molecule has 1 nitrogen and oxygen atoms in total. The van der Waals surface area contributed by atoms with Gasteiger partial charge < -0.3 is 4.90 Å². The van der Waals surface area contributed by atoms with E-state index >= 15 is 0 Å². The van der Waals surface area contributed by atoms with Gasteiger partial charge in [-0.1, -0.05) is 206 Å². The van der Waals surface area contributed by atoms with E-state index in [2.05, 4.69) is 229 Å². The molecule has 0 fully saturated rings. The highest BCUT2D eigenvalue weighted by atomic mass is 15.2. The Morgan fingerprint density at radius 3 is 1.50 bits per heavy atom. The first kappa shape index (κ1) is 32.2. The zero-order chi connectivity index (χ0) is 37.1. The van der Waals surface area contributed by atoms with E-state index in [1.54, 1.807) is 0 Å². The maximum atomic E-state index is 2.56. The quantitative estimate of drug-likeness (QED) is 0.155. The molecule has 0 bridgehead atoms. The molecule has 0 atom stereocenters. The van der Waals surface area contributed by atoms with Gasteiger partial charge in [0, 0.05) is 22.2 Å². The molecule has 0 amide bonds. The summed E-state index contributed by atoms with van der Waals surface area (Å²) >= 11 is 0. The second-order valence-corrected chi connectivity index (χ2v) is 14.7. The molecule has 11 rings (SSSR count). The van der Waals surface area contributed by atoms with Gasteiger partial charge in [-0.2, -0.15) is 0 Å². The molecule has 0 heterocycles. The largest absolute Gasteiger partial charge is 0.309 e. The van der Waals surface area contributed by atoms with Crippen LogP contribution in [-0.4, -0.2) is 0 Å². The third-order valence-corrected chi connectivity index (χ3v) is 11.9. The summed E-state index contributed by atoms with van der Waals surface area (Å²) < 4.78 is 0. The first-order valence-electron chi connectivity index (χ1n) is 19.5. The summed E-state index contributed by atoms with van der Waals surface area (Å²) in [6, 6.07) is 82.7. The van der Waals surface area contributed by atoms with Crippen LogP contribution >= 0.6 is 0 Å². The van der Waals surface area contributed by atoms with E-state index in [0.29, 0.717) is 0 Å². The molecule has 10 aromatic rings. The molecule has 262 valence electrons. The van der Waals surface area contributed by atoms with Crippen molar-refractivity contribution in [1.82, 2.24) is 0 Å². The first-order valence-corrected chi connectivity index (χ1v) is 19.5. The zero-order valence-corrected chi connectivity index (χ0v) is 30.8. The van der Waals surface area contributed by atoms with Crippen LogP contribution in [0.15, 0.2) is 224 Å². The fourth-order valence-corrected chi connectivity index (χ4v) is 9.70. The Labute approximate surface area is 327 Å². The van der Waals surface area contributed by atoms with Crippen LogP contribution in [0.5, 0.6) is 0 Å². The fraction of sp³-hybridized carbons (Fsp3) is 0.0182. The number of rotatable bonds is 6. The van der Waals surface area contributed by atoms with Crippen LogP contribution in [0.25, 0.3) is 54.6 Å². The van der Waals surface area contributed by atoms with E-state index in [1.807, 2.05) is 0 Å². The summed E-state index contributed by atoms with van der Waals surface area (Å²) in [6.45, 7) is 0. The van der Waals surface area contributed by atoms with E-state index < -0.39 is 5.41 Å². The standard InChI is InChI=1S/C55H37N/c1-4-22-39(23-5-1)55(40-24-6-2-7-25-40)49-35-17-16-33-48(49)53-50(55)36-19-37-51(53)56(41-26-8-3-9-27-41)54-47-32-15-13-30-44(47)43-29-12-14-31-46(43)52(54)45-34-18-21-38-20-10-11-28-42(38)45/h1-37H. The first-order chi connectivity index (χ1) is 27.8. The predicted molar refractivity (Wildman–Crippen MR) is 236 cm³/mol. The SMILES string of the molecule is c1ccc(N(c2cccc3c2-c2ccccc2C3(c2ccccc2)c2ccccc2)c2c(-c3cccc4ccccc34)c3ccccc3c3ccccc23)cc1. The van der Waals surface area contributed by atoms with Crippen LogP contribution in [0.3, 0.4) is 0 Å². The normalized spacial score (nSPS) is 12.8. The van der Waals surface area contributed by atoms with Gasteiger partial charge in [0.25, 0.3) is 0 Å². The third-order valence-electron chi connectivity index (χ3n) is 11.9. The minimum atomic E-state index is -0.517. The third kappa shape index (κ3) is 4.68. The zero-order valence-electron chi connectivity index (χ0n) is 30.8. The average Bonchev–Trinajstić information content (AvgIpc) is 3.59. The molecule has 0 aliphatic heterocycles. The second-order valence-electron chi connectivity index (χ2n) is 14.7. The maximum Gasteiger partial charge on any atom is 0.0714 e. The molecule has 0 unspecified atom stereocenters. The molecule has 1 aliphatic carbocycles. The van der Waals surface area contributed by atoms with E-state index in [9.17, 15) is 0 Å². The Balaban J connectivity index is 1.33. The van der Waals surface area contributed by atoms with Crippen LogP contribution < -0.4 is 4.90 Å². The monoisotopic (exact) mass is 711 g/mol. The van der Waals surface area contributed by atoms with Crippen molar-refractivity contribution >= 4 is 49.4 Å². The van der Waals surface area contributed by atoms with Gasteiger partial charge in [-0.25, -0.2) is 0 Å². The van der Waals surface area contributed by atoms with Crippen LogP contribution in [0.2, 0.25) is 0 Å². The van der Waals surface area contributed by atoms with Crippen molar-refractivity contribution in [2.75, 3.05) is 4.90 Å². The lowest BCUT2D eigenvalue weighted by atomic mass is 9.68. The van der Waals surface area contributed by atoms with Gasteiger partial charge in [0.1, 0.15) is 0 Å². The lowest BCUT2D eigenvalue weighted by molar-refractivity contribution is 0.768. The maximum absolute atomic E-state index is 2.56. The Morgan fingerprint density at radius 1 is 0.304 bits per heavy atom. The molecular weight excluding hydrogens is 675 g/mol. The van der Waals surface area contributed by atoms with Crippen molar-refractivity contribution in [3.8, 4) is 22.3 Å². The summed E-state index contributed by atoms with van der Waals surface area (Å²) in [6.07, 6.45) is 0. The molecule has 10 aromatic carbocycles. The number of benzene rings is 10. The van der Waals surface area contributed by atoms with Gasteiger partial charge in [0.05, 0.1) is 16.8 Å². The van der Waals surface area contributed by atoms with Crippen LogP contribution in [0, 0.1) is 0 Å². The van der Waals surface area contributed by atoms with Gasteiger partial charge in [0.2, 0.25) is 0 Å². The van der Waals surface area contributed by atoms with Crippen molar-refractivity contribution < 1.29 is 0 Å². The van der Waals surface area contributed by atoms with E-state index in [1.165, 1.54) is 82.5 Å². The van der Waals surface area contributed by atoms with Gasteiger partial charge in [-0.3, -0.25) is 0 Å². The molecule has 0 aromatic heterocycles. The van der Waals surface area contributed by atoms with Gasteiger partial charge in [0.15, 0.2) is 0 Å². The molecule has 56 heavy (non-hydrogen) atoms. The number of para-hydroxylation sites is 1. The molecule has 1 heteroatoms. The van der Waals surface area contributed by atoms with Gasteiger partial charge in [-0.15, -0.1) is 0 Å². The van der Waals surface area contributed by atoms with Crippen LogP contribution in [-0.2, 0) is 5.41 Å². The highest BCUT2D eigenvalue weighted by molar-refractivity contribution is 6.24. The summed E-state index contributed by atoms with van der Waals surface area (Å²) in [5.41, 5.74) is 13.0. The molecule has 0 radical (unpaired) electrons. The molecule has 0 saturated carbocycles. The molecule has 0 saturated heterocycles. The lowest BCUT2D eigenvalue weighted by Crippen LogP contribution is -2.28. The van der Waals surface area contributed by atoms with Crippen LogP contribution in [0.1, 0.15) is 22.3 Å². The van der Waals surface area contributed by atoms with Gasteiger partial charge >= 0.3 is 0 Å². The Morgan fingerprint density at radius 2 is 0.786 bits per heavy atom. The smallest absolute Gasteiger partial charge is 0.0714 e. The highest BCUT2D eigenvalue weighted by Gasteiger charge is 2.47. The molecular formula is C55H37N. The minimum Gasteiger partial charge on any atom is -0.309 e. The Bertz CT molecular complexity index is 3030. The second kappa shape index (κ2) is 13.0. The van der Waals surface area contributed by atoms with Crippen molar-refractivity contribution in [2.45, 2.75) is 5.41 Å². The van der Waals surface area contributed by atoms with Crippen molar-refractivity contribution in [3.63, 3.8) is 0 Å². The van der Waals surface area contributed by atoms with Gasteiger partial charge in [-0.05, 0) is 78.5 Å². The summed E-state index contributed by atoms with van der Waals surface area (Å²) in [4.78, 5) is 2.56. The summed E-state index contributed by atoms with van der Waals surface area (Å²) in [5, 5.41) is 7.39. The number of nitrogens with zero attached hydrogens (tertiary/aromatic N) is 1. The van der Waals surface area contributed by atoms with E-state index in [0.717, 1.165) is 11.4 Å². The van der Waals surface area contributed by atoms with Crippen molar-refractivity contribution in [3.05, 3.63) is 247 Å². The van der Waals surface area contributed by atoms with E-state index in [4.69, 9.17) is 0 Å². The topological polar surface area (TPSA) is 3.24 Å². The highest BCUT2D eigenvalue weighted by Crippen LogP contribution is 2.60. The fourth-order valence-electron chi connectivity index (χ4n) is 9.70.